The lowest BCUT2D eigenvalue weighted by molar-refractivity contribution is 0.557. The Morgan fingerprint density at radius 1 is 1.24 bits per heavy atom. The molecule has 0 unspecified atom stereocenters. The Kier molecular flexibility index (Phi) is 3.26. The SMILES string of the molecule is O=S(=O)(NCc1cc[nH]c1)c1ccccc1F. The summed E-state index contributed by atoms with van der Waals surface area (Å²) in [6.07, 6.45) is 3.36. The highest BCUT2D eigenvalue weighted by molar-refractivity contribution is 7.89. The Hall–Kier alpha value is -1.66. The van der Waals surface area contributed by atoms with Crippen LogP contribution in [0.5, 0.6) is 0 Å². The van der Waals surface area contributed by atoms with Gasteiger partial charge in [0.05, 0.1) is 0 Å². The van der Waals surface area contributed by atoms with Gasteiger partial charge in [0.25, 0.3) is 0 Å². The van der Waals surface area contributed by atoms with Crippen LogP contribution < -0.4 is 4.72 Å². The molecule has 4 nitrogen and oxygen atoms in total. The number of halogens is 1. The van der Waals surface area contributed by atoms with Crippen LogP contribution in [-0.2, 0) is 16.6 Å². The quantitative estimate of drug-likeness (QED) is 0.871. The molecule has 0 radical (unpaired) electrons. The topological polar surface area (TPSA) is 62.0 Å². The third kappa shape index (κ3) is 2.72. The van der Waals surface area contributed by atoms with Crippen LogP contribution in [0.4, 0.5) is 4.39 Å². The van der Waals surface area contributed by atoms with Crippen LogP contribution in [-0.4, -0.2) is 13.4 Å². The van der Waals surface area contributed by atoms with Gasteiger partial charge < -0.3 is 4.98 Å². The minimum absolute atomic E-state index is 0.125. The molecule has 1 aromatic carbocycles. The standard InChI is InChI=1S/C11H11FN2O2S/c12-10-3-1-2-4-11(10)17(15,16)14-8-9-5-6-13-7-9/h1-7,13-14H,8H2. The molecule has 0 spiro atoms. The van der Waals surface area contributed by atoms with Crippen LogP contribution in [0.3, 0.4) is 0 Å². The maximum Gasteiger partial charge on any atom is 0.243 e. The molecule has 6 heteroatoms. The average molecular weight is 254 g/mol. The molecule has 0 amide bonds. The van der Waals surface area contributed by atoms with Gasteiger partial charge in [0.2, 0.25) is 10.0 Å². The number of aromatic nitrogens is 1. The van der Waals surface area contributed by atoms with Crippen LogP contribution in [0.25, 0.3) is 0 Å². The van der Waals surface area contributed by atoms with Crippen molar-refractivity contribution in [2.75, 3.05) is 0 Å². The van der Waals surface area contributed by atoms with E-state index in [1.807, 2.05) is 0 Å². The van der Waals surface area contributed by atoms with Crippen molar-refractivity contribution in [3.05, 3.63) is 54.1 Å². The molecule has 0 atom stereocenters. The first kappa shape index (κ1) is 11.8. The number of hydrogen-bond acceptors (Lipinski definition) is 2. The molecule has 1 aromatic heterocycles. The molecular formula is C11H11FN2O2S. The predicted octanol–water partition coefficient (Wildman–Crippen LogP) is 1.63. The van der Waals surface area contributed by atoms with Crippen molar-refractivity contribution < 1.29 is 12.8 Å². The molecule has 0 bridgehead atoms. The van der Waals surface area contributed by atoms with Crippen LogP contribution in [0.15, 0.2) is 47.6 Å². The Balaban J connectivity index is 2.17. The smallest absolute Gasteiger partial charge is 0.243 e. The monoisotopic (exact) mass is 254 g/mol. The van der Waals surface area contributed by atoms with Crippen molar-refractivity contribution in [2.45, 2.75) is 11.4 Å². The van der Waals surface area contributed by atoms with E-state index >= 15 is 0 Å². The maximum absolute atomic E-state index is 13.3. The minimum atomic E-state index is -3.81. The van der Waals surface area contributed by atoms with Crippen molar-refractivity contribution >= 4 is 10.0 Å². The highest BCUT2D eigenvalue weighted by Crippen LogP contribution is 2.13. The molecule has 1 heterocycles. The largest absolute Gasteiger partial charge is 0.367 e. The number of sulfonamides is 1. The zero-order valence-electron chi connectivity index (χ0n) is 8.85. The Morgan fingerprint density at radius 3 is 2.65 bits per heavy atom. The maximum atomic E-state index is 13.3. The molecule has 0 aliphatic heterocycles. The summed E-state index contributed by atoms with van der Waals surface area (Å²) in [5, 5.41) is 0. The number of benzene rings is 1. The second kappa shape index (κ2) is 4.68. The van der Waals surface area contributed by atoms with Gasteiger partial charge in [-0.15, -0.1) is 0 Å². The lowest BCUT2D eigenvalue weighted by atomic mass is 10.3. The molecule has 90 valence electrons. The zero-order valence-corrected chi connectivity index (χ0v) is 9.67. The lowest BCUT2D eigenvalue weighted by Crippen LogP contribution is -2.23. The molecule has 0 saturated heterocycles. The second-order valence-electron chi connectivity index (χ2n) is 3.47. The lowest BCUT2D eigenvalue weighted by Gasteiger charge is -2.06. The van der Waals surface area contributed by atoms with Crippen molar-refractivity contribution in [1.29, 1.82) is 0 Å². The predicted molar refractivity (Wildman–Crippen MR) is 61.2 cm³/mol. The van der Waals surface area contributed by atoms with Gasteiger partial charge in [-0.1, -0.05) is 12.1 Å². The normalized spacial score (nSPS) is 11.6. The fraction of sp³-hybridized carbons (Fsp3) is 0.0909. The molecule has 0 fully saturated rings. The van der Waals surface area contributed by atoms with Gasteiger partial charge in [-0.2, -0.15) is 0 Å². The average Bonchev–Trinajstić information content (AvgIpc) is 2.80. The Morgan fingerprint density at radius 2 is 2.00 bits per heavy atom. The molecule has 17 heavy (non-hydrogen) atoms. The number of nitrogens with one attached hydrogen (secondary N) is 2. The van der Waals surface area contributed by atoms with Gasteiger partial charge in [-0.25, -0.2) is 17.5 Å². The third-order valence-corrected chi connectivity index (χ3v) is 3.69. The minimum Gasteiger partial charge on any atom is -0.367 e. The number of rotatable bonds is 4. The van der Waals surface area contributed by atoms with Crippen LogP contribution >= 0.6 is 0 Å². The van der Waals surface area contributed by atoms with Crippen LogP contribution in [0, 0.1) is 5.82 Å². The van der Waals surface area contributed by atoms with E-state index < -0.39 is 15.8 Å². The summed E-state index contributed by atoms with van der Waals surface area (Å²) in [4.78, 5) is 2.47. The summed E-state index contributed by atoms with van der Waals surface area (Å²) in [6.45, 7) is 0.125. The fourth-order valence-corrected chi connectivity index (χ4v) is 2.48. The van der Waals surface area contributed by atoms with Gasteiger partial charge in [0.1, 0.15) is 10.7 Å². The first-order valence-corrected chi connectivity index (χ1v) is 6.44. The van der Waals surface area contributed by atoms with Gasteiger partial charge in [0, 0.05) is 18.9 Å². The van der Waals surface area contributed by atoms with Crippen molar-refractivity contribution in [3.8, 4) is 0 Å². The van der Waals surface area contributed by atoms with E-state index in [0.29, 0.717) is 0 Å². The van der Waals surface area contributed by atoms with Crippen molar-refractivity contribution in [1.82, 2.24) is 9.71 Å². The summed E-state index contributed by atoms with van der Waals surface area (Å²) in [7, 11) is -3.81. The van der Waals surface area contributed by atoms with E-state index in [1.165, 1.54) is 18.2 Å². The molecule has 0 aliphatic carbocycles. The van der Waals surface area contributed by atoms with E-state index in [1.54, 1.807) is 18.5 Å². The van der Waals surface area contributed by atoms with Gasteiger partial charge >= 0.3 is 0 Å². The summed E-state index contributed by atoms with van der Waals surface area (Å²) in [6, 6.07) is 7.01. The number of aromatic amines is 1. The van der Waals surface area contributed by atoms with E-state index in [9.17, 15) is 12.8 Å². The van der Waals surface area contributed by atoms with Crippen molar-refractivity contribution in [3.63, 3.8) is 0 Å². The molecular weight excluding hydrogens is 243 g/mol. The van der Waals surface area contributed by atoms with Gasteiger partial charge in [0.15, 0.2) is 0 Å². The Labute approximate surface area is 98.5 Å². The molecule has 2 N–H and O–H groups in total. The second-order valence-corrected chi connectivity index (χ2v) is 5.21. The van der Waals surface area contributed by atoms with Crippen LogP contribution in [0.1, 0.15) is 5.56 Å². The first-order chi connectivity index (χ1) is 8.09. The van der Waals surface area contributed by atoms with Gasteiger partial charge in [-0.3, -0.25) is 0 Å². The van der Waals surface area contributed by atoms with E-state index in [4.69, 9.17) is 0 Å². The van der Waals surface area contributed by atoms with E-state index in [2.05, 4.69) is 9.71 Å². The zero-order chi connectivity index (χ0) is 12.3. The number of H-pyrrole nitrogens is 1. The van der Waals surface area contributed by atoms with E-state index in [-0.39, 0.29) is 11.4 Å². The summed E-state index contributed by atoms with van der Waals surface area (Å²) >= 11 is 0. The number of hydrogen-bond donors (Lipinski definition) is 2. The summed E-state index contributed by atoms with van der Waals surface area (Å²) < 4.78 is 39.2. The van der Waals surface area contributed by atoms with E-state index in [0.717, 1.165) is 11.6 Å². The molecule has 0 saturated carbocycles. The van der Waals surface area contributed by atoms with Crippen LogP contribution in [0.2, 0.25) is 0 Å². The highest BCUT2D eigenvalue weighted by Gasteiger charge is 2.17. The Bertz CT molecular complexity index is 594. The molecule has 0 aliphatic rings. The summed E-state index contributed by atoms with van der Waals surface area (Å²) in [5.41, 5.74) is 0.782. The molecule has 2 aromatic rings. The van der Waals surface area contributed by atoms with Gasteiger partial charge in [-0.05, 0) is 23.8 Å². The highest BCUT2D eigenvalue weighted by atomic mass is 32.2. The first-order valence-electron chi connectivity index (χ1n) is 4.95. The summed E-state index contributed by atoms with van der Waals surface area (Å²) in [5.74, 6) is -0.755. The third-order valence-electron chi connectivity index (χ3n) is 2.25. The van der Waals surface area contributed by atoms with Crippen molar-refractivity contribution in [2.24, 2.45) is 0 Å². The molecule has 2 rings (SSSR count). The fourth-order valence-electron chi connectivity index (χ4n) is 1.39.